The van der Waals surface area contributed by atoms with Crippen molar-refractivity contribution >= 4 is 17.7 Å². The highest BCUT2D eigenvalue weighted by Crippen LogP contribution is 2.52. The van der Waals surface area contributed by atoms with Crippen LogP contribution in [0.25, 0.3) is 0 Å². The van der Waals surface area contributed by atoms with Crippen LogP contribution in [0, 0.1) is 10.8 Å². The van der Waals surface area contributed by atoms with Gasteiger partial charge in [-0.25, -0.2) is 4.79 Å². The topological polar surface area (TPSA) is 72.9 Å². The molecule has 3 rings (SSSR count). The molecule has 6 nitrogen and oxygen atoms in total. The molecule has 158 valence electrons. The van der Waals surface area contributed by atoms with Crippen LogP contribution in [0.1, 0.15) is 63.7 Å². The average Bonchev–Trinajstić information content (AvgIpc) is 2.92. The van der Waals surface area contributed by atoms with E-state index in [2.05, 4.69) is 20.8 Å². The van der Waals surface area contributed by atoms with E-state index in [0.29, 0.717) is 17.7 Å². The Bertz CT molecular complexity index is 785. The number of carbonyl (C=O) groups excluding carboxylic acids is 3. The lowest BCUT2D eigenvalue weighted by Crippen LogP contribution is -2.40. The Hall–Kier alpha value is -2.37. The second-order valence-electron chi connectivity index (χ2n) is 9.49. The third-order valence-corrected chi connectivity index (χ3v) is 5.95. The number of ketones is 1. The summed E-state index contributed by atoms with van der Waals surface area (Å²) in [4.78, 5) is 38.1. The maximum Gasteiger partial charge on any atom is 0.344 e. The number of benzene rings is 1. The van der Waals surface area contributed by atoms with E-state index in [1.165, 1.54) is 0 Å². The van der Waals surface area contributed by atoms with Gasteiger partial charge in [0.05, 0.1) is 0 Å². The van der Waals surface area contributed by atoms with Gasteiger partial charge in [0.25, 0.3) is 5.91 Å². The van der Waals surface area contributed by atoms with Gasteiger partial charge >= 0.3 is 5.97 Å². The van der Waals surface area contributed by atoms with Gasteiger partial charge in [-0.05, 0) is 54.4 Å². The van der Waals surface area contributed by atoms with Crippen molar-refractivity contribution in [2.75, 3.05) is 19.8 Å². The summed E-state index contributed by atoms with van der Waals surface area (Å²) in [5.41, 5.74) is 0.996. The first-order valence-electron chi connectivity index (χ1n) is 10.3. The zero-order valence-electron chi connectivity index (χ0n) is 17.8. The molecule has 0 unspecified atom stereocenters. The van der Waals surface area contributed by atoms with E-state index in [1.54, 1.807) is 31.2 Å². The normalized spacial score (nSPS) is 24.8. The first-order chi connectivity index (χ1) is 13.6. The van der Waals surface area contributed by atoms with Crippen molar-refractivity contribution in [1.82, 2.24) is 4.90 Å². The van der Waals surface area contributed by atoms with Crippen LogP contribution in [0.15, 0.2) is 24.3 Å². The summed E-state index contributed by atoms with van der Waals surface area (Å²) >= 11 is 0. The summed E-state index contributed by atoms with van der Waals surface area (Å²) in [5.74, 6) is -0.185. The number of esters is 1. The Balaban J connectivity index is 1.45. The molecule has 1 aliphatic carbocycles. The van der Waals surface area contributed by atoms with Crippen LogP contribution >= 0.6 is 0 Å². The predicted octanol–water partition coefficient (Wildman–Crippen LogP) is 3.63. The van der Waals surface area contributed by atoms with Crippen LogP contribution in [0.2, 0.25) is 0 Å². The number of carbonyl (C=O) groups is 3. The molecule has 2 bridgehead atoms. The molecule has 2 fully saturated rings. The smallest absolute Gasteiger partial charge is 0.344 e. The summed E-state index contributed by atoms with van der Waals surface area (Å²) in [6.07, 6.45) is 3.56. The second kappa shape index (κ2) is 8.17. The number of nitrogens with zero attached hydrogens (tertiary/aromatic N) is 1. The zero-order valence-corrected chi connectivity index (χ0v) is 17.8. The van der Waals surface area contributed by atoms with Crippen LogP contribution < -0.4 is 4.74 Å². The lowest BCUT2D eigenvalue weighted by atomic mass is 9.65. The fourth-order valence-electron chi connectivity index (χ4n) is 5.10. The number of likely N-dealkylation sites (tertiary alicyclic amines) is 1. The van der Waals surface area contributed by atoms with Crippen LogP contribution in [-0.4, -0.2) is 48.4 Å². The van der Waals surface area contributed by atoms with Crippen LogP contribution in [-0.2, 0) is 14.3 Å². The highest BCUT2D eigenvalue weighted by Gasteiger charge is 2.50. The van der Waals surface area contributed by atoms with Gasteiger partial charge in [0.1, 0.15) is 5.75 Å². The van der Waals surface area contributed by atoms with Gasteiger partial charge < -0.3 is 14.4 Å². The standard InChI is InChI=1S/C23H31NO5/c1-5-19(25)16-6-8-18(9-7-16)28-13-21(27)29-12-20(26)24-15-23(4)11-17(24)10-22(2,3)14-23/h6-9,17H,5,10-15H2,1-4H3/t17-,23-/m0/s1. The summed E-state index contributed by atoms with van der Waals surface area (Å²) in [6, 6.07) is 6.87. The van der Waals surface area contributed by atoms with E-state index >= 15 is 0 Å². The minimum absolute atomic E-state index is 0.0538. The van der Waals surface area contributed by atoms with E-state index in [9.17, 15) is 14.4 Å². The van der Waals surface area contributed by atoms with E-state index in [4.69, 9.17) is 9.47 Å². The zero-order chi connectivity index (χ0) is 21.2. The summed E-state index contributed by atoms with van der Waals surface area (Å²) in [6.45, 7) is 8.77. The van der Waals surface area contributed by atoms with Gasteiger partial charge in [0.15, 0.2) is 19.0 Å². The minimum Gasteiger partial charge on any atom is -0.482 e. The van der Waals surface area contributed by atoms with Crippen LogP contribution in [0.5, 0.6) is 5.75 Å². The third kappa shape index (κ3) is 5.17. The van der Waals surface area contributed by atoms with Crippen molar-refractivity contribution in [3.05, 3.63) is 29.8 Å². The fourth-order valence-corrected chi connectivity index (χ4v) is 5.10. The molecule has 1 aromatic rings. The molecule has 6 heteroatoms. The van der Waals surface area contributed by atoms with E-state index in [0.717, 1.165) is 25.8 Å². The van der Waals surface area contributed by atoms with E-state index < -0.39 is 5.97 Å². The Morgan fingerprint density at radius 2 is 1.76 bits per heavy atom. The van der Waals surface area contributed by atoms with E-state index in [1.807, 2.05) is 4.90 Å². The number of hydrogen-bond donors (Lipinski definition) is 0. The number of amides is 1. The molecule has 1 saturated heterocycles. The highest BCUT2D eigenvalue weighted by molar-refractivity contribution is 5.95. The molecule has 1 aliphatic heterocycles. The van der Waals surface area contributed by atoms with Crippen molar-refractivity contribution in [3.63, 3.8) is 0 Å². The Labute approximate surface area is 172 Å². The quantitative estimate of drug-likeness (QED) is 0.515. The van der Waals surface area contributed by atoms with Gasteiger partial charge in [-0.3, -0.25) is 9.59 Å². The Morgan fingerprint density at radius 1 is 1.07 bits per heavy atom. The van der Waals surface area contributed by atoms with E-state index in [-0.39, 0.29) is 41.8 Å². The summed E-state index contributed by atoms with van der Waals surface area (Å²) in [5, 5.41) is 0. The molecule has 1 heterocycles. The molecule has 0 aromatic heterocycles. The lowest BCUT2D eigenvalue weighted by molar-refractivity contribution is -0.154. The van der Waals surface area contributed by atoms with Crippen LogP contribution in [0.3, 0.4) is 0 Å². The average molecular weight is 402 g/mol. The number of ether oxygens (including phenoxy) is 2. The largest absolute Gasteiger partial charge is 0.482 e. The molecule has 1 amide bonds. The first kappa shape index (κ1) is 21.3. The Kier molecular flexibility index (Phi) is 6.01. The third-order valence-electron chi connectivity index (χ3n) is 5.95. The van der Waals surface area contributed by atoms with Gasteiger partial charge in [0, 0.05) is 24.6 Å². The van der Waals surface area contributed by atoms with Crippen molar-refractivity contribution < 1.29 is 23.9 Å². The maximum absolute atomic E-state index is 12.6. The molecule has 0 radical (unpaired) electrons. The molecule has 0 N–H and O–H groups in total. The monoisotopic (exact) mass is 401 g/mol. The van der Waals surface area contributed by atoms with Crippen molar-refractivity contribution in [2.24, 2.45) is 10.8 Å². The first-order valence-corrected chi connectivity index (χ1v) is 10.3. The SMILES string of the molecule is CCC(=O)c1ccc(OCC(=O)OCC(=O)N2C[C@@]3(C)C[C@@H]2CC(C)(C)C3)cc1. The lowest BCUT2D eigenvalue weighted by Gasteiger charge is -2.39. The van der Waals surface area contributed by atoms with Crippen molar-refractivity contribution in [3.8, 4) is 5.75 Å². The van der Waals surface area contributed by atoms with Gasteiger partial charge in [-0.2, -0.15) is 0 Å². The minimum atomic E-state index is -0.583. The molecule has 2 atom stereocenters. The van der Waals surface area contributed by atoms with Crippen molar-refractivity contribution in [2.45, 2.75) is 59.4 Å². The van der Waals surface area contributed by atoms with Crippen LogP contribution in [0.4, 0.5) is 0 Å². The number of rotatable bonds is 7. The van der Waals surface area contributed by atoms with Gasteiger partial charge in [-0.15, -0.1) is 0 Å². The number of Topliss-reactive ketones (excluding diaryl/α,β-unsaturated/α-hetero) is 1. The molecular formula is C23H31NO5. The highest BCUT2D eigenvalue weighted by atomic mass is 16.6. The molecule has 1 aromatic carbocycles. The maximum atomic E-state index is 12.6. The fraction of sp³-hybridized carbons (Fsp3) is 0.609. The summed E-state index contributed by atoms with van der Waals surface area (Å²) < 4.78 is 10.5. The Morgan fingerprint density at radius 3 is 2.41 bits per heavy atom. The number of fused-ring (bicyclic) bond motifs is 2. The molecule has 29 heavy (non-hydrogen) atoms. The molecule has 2 aliphatic rings. The summed E-state index contributed by atoms with van der Waals surface area (Å²) in [7, 11) is 0. The predicted molar refractivity (Wildman–Crippen MR) is 109 cm³/mol. The number of hydrogen-bond acceptors (Lipinski definition) is 5. The molecular weight excluding hydrogens is 370 g/mol. The van der Waals surface area contributed by atoms with Gasteiger partial charge in [0.2, 0.25) is 0 Å². The second-order valence-corrected chi connectivity index (χ2v) is 9.49. The molecule has 1 saturated carbocycles. The molecule has 0 spiro atoms. The van der Waals surface area contributed by atoms with Crippen molar-refractivity contribution in [1.29, 1.82) is 0 Å². The van der Waals surface area contributed by atoms with Gasteiger partial charge in [-0.1, -0.05) is 27.7 Å².